The fourth-order valence-corrected chi connectivity index (χ4v) is 1.11. The van der Waals surface area contributed by atoms with Gasteiger partial charge in [0.05, 0.1) is 12.1 Å². The van der Waals surface area contributed by atoms with Crippen molar-refractivity contribution in [3.63, 3.8) is 0 Å². The highest BCUT2D eigenvalue weighted by Crippen LogP contribution is 2.20. The summed E-state index contributed by atoms with van der Waals surface area (Å²) >= 11 is 0. The van der Waals surface area contributed by atoms with E-state index in [1.54, 1.807) is 0 Å². The number of alkyl halides is 3. The van der Waals surface area contributed by atoms with Crippen molar-refractivity contribution in [2.75, 3.05) is 18.4 Å². The maximum atomic E-state index is 12.1. The third-order valence-electron chi connectivity index (χ3n) is 1.79. The summed E-state index contributed by atoms with van der Waals surface area (Å²) in [6, 6.07) is 1.30. The molecule has 0 aliphatic carbocycles. The second-order valence-corrected chi connectivity index (χ2v) is 3.26. The van der Waals surface area contributed by atoms with Crippen LogP contribution in [0.25, 0.3) is 0 Å². The molecule has 0 atom stereocenters. The lowest BCUT2D eigenvalue weighted by atomic mass is 10.3. The number of aromatic nitrogens is 2. The van der Waals surface area contributed by atoms with E-state index in [1.807, 2.05) is 0 Å². The molecule has 0 aliphatic heterocycles. The number of hydrogen-bond acceptors (Lipinski definition) is 4. The first-order valence-electron chi connectivity index (χ1n) is 4.83. The highest BCUT2D eigenvalue weighted by molar-refractivity contribution is 5.34. The van der Waals surface area contributed by atoms with Gasteiger partial charge in [0, 0.05) is 12.6 Å². The van der Waals surface area contributed by atoms with Crippen LogP contribution in [-0.2, 0) is 6.42 Å². The molecule has 7 heteroatoms. The standard InChI is InChI=1S/C9H13F3N4/c10-9(11,12)5-7-4-8(16-6-15-7)14-3-1-2-13/h4,6H,1-3,5,13H2,(H,14,15,16). The Morgan fingerprint density at radius 1 is 1.31 bits per heavy atom. The minimum atomic E-state index is -4.25. The molecule has 0 radical (unpaired) electrons. The lowest BCUT2D eigenvalue weighted by Gasteiger charge is -2.07. The highest BCUT2D eigenvalue weighted by atomic mass is 19.4. The summed E-state index contributed by atoms with van der Waals surface area (Å²) in [7, 11) is 0. The van der Waals surface area contributed by atoms with Crippen LogP contribution < -0.4 is 11.1 Å². The van der Waals surface area contributed by atoms with E-state index in [9.17, 15) is 13.2 Å². The Morgan fingerprint density at radius 3 is 2.69 bits per heavy atom. The molecule has 0 unspecified atom stereocenters. The monoisotopic (exact) mass is 234 g/mol. The molecule has 0 spiro atoms. The lowest BCUT2D eigenvalue weighted by Crippen LogP contribution is -2.14. The Labute approximate surface area is 91.1 Å². The van der Waals surface area contributed by atoms with E-state index in [0.717, 1.165) is 12.7 Å². The molecule has 0 amide bonds. The van der Waals surface area contributed by atoms with E-state index in [-0.39, 0.29) is 5.69 Å². The van der Waals surface area contributed by atoms with Gasteiger partial charge in [-0.1, -0.05) is 0 Å². The summed E-state index contributed by atoms with van der Waals surface area (Å²) in [6.07, 6.45) is -3.44. The molecule has 3 N–H and O–H groups in total. The third-order valence-corrected chi connectivity index (χ3v) is 1.79. The van der Waals surface area contributed by atoms with Gasteiger partial charge < -0.3 is 11.1 Å². The topological polar surface area (TPSA) is 63.8 Å². The van der Waals surface area contributed by atoms with Crippen LogP contribution in [0.5, 0.6) is 0 Å². The minimum absolute atomic E-state index is 0.0438. The molecule has 90 valence electrons. The summed E-state index contributed by atoms with van der Waals surface area (Å²) < 4.78 is 36.2. The second-order valence-electron chi connectivity index (χ2n) is 3.26. The fraction of sp³-hybridized carbons (Fsp3) is 0.556. The fourth-order valence-electron chi connectivity index (χ4n) is 1.11. The maximum absolute atomic E-state index is 12.1. The van der Waals surface area contributed by atoms with Crippen molar-refractivity contribution < 1.29 is 13.2 Å². The second kappa shape index (κ2) is 5.64. The molecule has 1 aromatic heterocycles. The van der Waals surface area contributed by atoms with Gasteiger partial charge in [0.1, 0.15) is 12.1 Å². The van der Waals surface area contributed by atoms with E-state index >= 15 is 0 Å². The van der Waals surface area contributed by atoms with Gasteiger partial charge in [-0.05, 0) is 13.0 Å². The van der Waals surface area contributed by atoms with Gasteiger partial charge in [-0.15, -0.1) is 0 Å². The van der Waals surface area contributed by atoms with E-state index in [4.69, 9.17) is 5.73 Å². The van der Waals surface area contributed by atoms with Gasteiger partial charge >= 0.3 is 6.18 Å². The first-order valence-corrected chi connectivity index (χ1v) is 4.83. The Kier molecular flexibility index (Phi) is 4.48. The summed E-state index contributed by atoms with van der Waals surface area (Å²) in [4.78, 5) is 7.37. The van der Waals surface area contributed by atoms with E-state index < -0.39 is 12.6 Å². The van der Waals surface area contributed by atoms with Crippen molar-refractivity contribution in [2.45, 2.75) is 19.0 Å². The SMILES string of the molecule is NCCCNc1cc(CC(F)(F)F)ncn1. The van der Waals surface area contributed by atoms with Crippen molar-refractivity contribution in [1.29, 1.82) is 0 Å². The number of rotatable bonds is 5. The minimum Gasteiger partial charge on any atom is -0.370 e. The quantitative estimate of drug-likeness (QED) is 0.755. The number of halogens is 3. The predicted octanol–water partition coefficient (Wildman–Crippen LogP) is 1.34. The zero-order chi connectivity index (χ0) is 12.0. The summed E-state index contributed by atoms with van der Waals surface area (Å²) in [5.74, 6) is 0.391. The molecular formula is C9H13F3N4. The van der Waals surface area contributed by atoms with Crippen LogP contribution in [0.4, 0.5) is 19.0 Å². The van der Waals surface area contributed by atoms with E-state index in [1.165, 1.54) is 6.07 Å². The zero-order valence-electron chi connectivity index (χ0n) is 8.59. The molecule has 1 heterocycles. The van der Waals surface area contributed by atoms with Crippen molar-refractivity contribution in [3.05, 3.63) is 18.1 Å². The third kappa shape index (κ3) is 4.92. The van der Waals surface area contributed by atoms with Crippen LogP contribution in [0, 0.1) is 0 Å². The first kappa shape index (κ1) is 12.7. The van der Waals surface area contributed by atoms with Crippen molar-refractivity contribution in [3.8, 4) is 0 Å². The van der Waals surface area contributed by atoms with Gasteiger partial charge in [0.2, 0.25) is 0 Å². The van der Waals surface area contributed by atoms with Gasteiger partial charge in [-0.25, -0.2) is 9.97 Å². The average molecular weight is 234 g/mol. The Morgan fingerprint density at radius 2 is 2.06 bits per heavy atom. The molecule has 0 fully saturated rings. The van der Waals surface area contributed by atoms with Gasteiger partial charge in [-0.2, -0.15) is 13.2 Å². The maximum Gasteiger partial charge on any atom is 0.394 e. The van der Waals surface area contributed by atoms with Gasteiger partial charge in [0.25, 0.3) is 0 Å². The Balaban J connectivity index is 2.57. The van der Waals surface area contributed by atoms with Crippen molar-refractivity contribution in [1.82, 2.24) is 9.97 Å². The number of nitrogens with one attached hydrogen (secondary N) is 1. The first-order chi connectivity index (χ1) is 7.51. The van der Waals surface area contributed by atoms with E-state index in [0.29, 0.717) is 18.9 Å². The molecule has 0 saturated carbocycles. The number of nitrogens with two attached hydrogens (primary N) is 1. The largest absolute Gasteiger partial charge is 0.394 e. The van der Waals surface area contributed by atoms with Gasteiger partial charge in [0.15, 0.2) is 0 Å². The Bertz CT molecular complexity index is 327. The van der Waals surface area contributed by atoms with E-state index in [2.05, 4.69) is 15.3 Å². The molecule has 4 nitrogen and oxygen atoms in total. The summed E-state index contributed by atoms with van der Waals surface area (Å²) in [6.45, 7) is 1.10. The predicted molar refractivity (Wildman–Crippen MR) is 54.0 cm³/mol. The molecule has 0 saturated heterocycles. The average Bonchev–Trinajstić information content (AvgIpc) is 2.16. The summed E-state index contributed by atoms with van der Waals surface area (Å²) in [5, 5.41) is 2.87. The highest BCUT2D eigenvalue weighted by Gasteiger charge is 2.28. The van der Waals surface area contributed by atoms with Crippen molar-refractivity contribution in [2.24, 2.45) is 5.73 Å². The molecule has 0 bridgehead atoms. The smallest absolute Gasteiger partial charge is 0.370 e. The number of hydrogen-bond donors (Lipinski definition) is 2. The lowest BCUT2D eigenvalue weighted by molar-refractivity contribution is -0.127. The molecular weight excluding hydrogens is 221 g/mol. The van der Waals surface area contributed by atoms with Crippen molar-refractivity contribution >= 4 is 5.82 Å². The van der Waals surface area contributed by atoms with Crippen LogP contribution in [0.15, 0.2) is 12.4 Å². The van der Waals surface area contributed by atoms with Crippen LogP contribution in [0.3, 0.4) is 0 Å². The van der Waals surface area contributed by atoms with Crippen LogP contribution in [-0.4, -0.2) is 29.2 Å². The summed E-state index contributed by atoms with van der Waals surface area (Å²) in [5.41, 5.74) is 5.24. The van der Waals surface area contributed by atoms with Crippen LogP contribution >= 0.6 is 0 Å². The van der Waals surface area contributed by atoms with Crippen LogP contribution in [0.2, 0.25) is 0 Å². The molecule has 0 aromatic carbocycles. The molecule has 1 rings (SSSR count). The zero-order valence-corrected chi connectivity index (χ0v) is 8.59. The number of nitrogens with zero attached hydrogens (tertiary/aromatic N) is 2. The molecule has 1 aromatic rings. The number of anilines is 1. The van der Waals surface area contributed by atoms with Gasteiger partial charge in [-0.3, -0.25) is 0 Å². The van der Waals surface area contributed by atoms with Crippen LogP contribution in [0.1, 0.15) is 12.1 Å². The molecule has 16 heavy (non-hydrogen) atoms. The molecule has 0 aliphatic rings. The Hall–Kier alpha value is -1.37. The normalized spacial score (nSPS) is 11.5.